The highest BCUT2D eigenvalue weighted by Crippen LogP contribution is 2.38. The number of benzene rings is 2. The lowest BCUT2D eigenvalue weighted by atomic mass is 10.1. The lowest BCUT2D eigenvalue weighted by Gasteiger charge is -2.34. The number of hydrogen-bond acceptors (Lipinski definition) is 3. The third-order valence-corrected chi connectivity index (χ3v) is 4.16. The molecule has 0 radical (unpaired) electrons. The molecule has 3 nitrogen and oxygen atoms in total. The summed E-state index contributed by atoms with van der Waals surface area (Å²) in [6.45, 7) is 1.91. The molecule has 0 aliphatic carbocycles. The zero-order chi connectivity index (χ0) is 13.4. The van der Waals surface area contributed by atoms with Gasteiger partial charge in [-0.05, 0) is 30.7 Å². The minimum atomic E-state index is 0.178. The number of ether oxygens (including phenoxy) is 1. The summed E-state index contributed by atoms with van der Waals surface area (Å²) in [6.07, 6.45) is 1.33. The molecule has 0 spiro atoms. The predicted octanol–water partition coefficient (Wildman–Crippen LogP) is 3.29. The van der Waals surface area contributed by atoms with Gasteiger partial charge in [-0.15, -0.1) is 0 Å². The molecule has 2 atom stereocenters. The Labute approximate surface area is 119 Å². The zero-order valence-electron chi connectivity index (χ0n) is 11.4. The van der Waals surface area contributed by atoms with E-state index in [0.29, 0.717) is 5.92 Å². The Morgan fingerprint density at radius 3 is 2.20 bits per heavy atom. The average Bonchev–Trinajstić information content (AvgIpc) is 3.09. The van der Waals surface area contributed by atoms with Crippen molar-refractivity contribution in [1.29, 1.82) is 0 Å². The Bertz CT molecular complexity index is 572. The SMILES string of the molecule is c1ccc(N2C[C@@H]3CCO[C@@H]3N2c2ccccc2)cc1. The number of rotatable bonds is 2. The fourth-order valence-corrected chi connectivity index (χ4v) is 3.21. The third kappa shape index (κ3) is 1.86. The standard InChI is InChI=1S/C17H18N2O/c1-3-7-15(8-4-1)18-13-14-11-12-20-17(14)19(18)16-9-5-2-6-10-16/h1-10,14,17H,11-13H2/t14-,17-/m0/s1. The van der Waals surface area contributed by atoms with E-state index in [-0.39, 0.29) is 6.23 Å². The molecule has 0 aromatic heterocycles. The Kier molecular flexibility index (Phi) is 2.85. The van der Waals surface area contributed by atoms with E-state index in [4.69, 9.17) is 4.74 Å². The van der Waals surface area contributed by atoms with Crippen molar-refractivity contribution in [2.24, 2.45) is 5.92 Å². The summed E-state index contributed by atoms with van der Waals surface area (Å²) in [4.78, 5) is 0. The fraction of sp³-hybridized carbons (Fsp3) is 0.294. The summed E-state index contributed by atoms with van der Waals surface area (Å²) in [5, 5.41) is 4.66. The molecular formula is C17H18N2O. The predicted molar refractivity (Wildman–Crippen MR) is 80.6 cm³/mol. The van der Waals surface area contributed by atoms with Gasteiger partial charge >= 0.3 is 0 Å². The average molecular weight is 266 g/mol. The monoisotopic (exact) mass is 266 g/mol. The number of fused-ring (bicyclic) bond motifs is 1. The van der Waals surface area contributed by atoms with Crippen LogP contribution in [0.2, 0.25) is 0 Å². The Balaban J connectivity index is 1.74. The lowest BCUT2D eigenvalue weighted by molar-refractivity contribution is 0.105. The lowest BCUT2D eigenvalue weighted by Crippen LogP contribution is -2.42. The Morgan fingerprint density at radius 1 is 0.850 bits per heavy atom. The maximum Gasteiger partial charge on any atom is 0.153 e. The molecule has 102 valence electrons. The van der Waals surface area contributed by atoms with Gasteiger partial charge in [-0.2, -0.15) is 0 Å². The van der Waals surface area contributed by atoms with Crippen LogP contribution in [0.4, 0.5) is 11.4 Å². The van der Waals surface area contributed by atoms with Gasteiger partial charge in [0.1, 0.15) is 0 Å². The second-order valence-corrected chi connectivity index (χ2v) is 5.41. The number of hydrogen-bond donors (Lipinski definition) is 0. The van der Waals surface area contributed by atoms with Crippen LogP contribution >= 0.6 is 0 Å². The second kappa shape index (κ2) is 4.84. The van der Waals surface area contributed by atoms with Gasteiger partial charge in [-0.1, -0.05) is 36.4 Å². The molecular weight excluding hydrogens is 248 g/mol. The number of nitrogens with zero attached hydrogens (tertiary/aromatic N) is 2. The van der Waals surface area contributed by atoms with Crippen LogP contribution in [0.25, 0.3) is 0 Å². The van der Waals surface area contributed by atoms with Crippen molar-refractivity contribution in [2.45, 2.75) is 12.6 Å². The van der Waals surface area contributed by atoms with Crippen LogP contribution in [0.15, 0.2) is 60.7 Å². The van der Waals surface area contributed by atoms with Crippen molar-refractivity contribution in [3.05, 3.63) is 60.7 Å². The van der Waals surface area contributed by atoms with E-state index in [1.165, 1.54) is 11.4 Å². The molecule has 3 heteroatoms. The third-order valence-electron chi connectivity index (χ3n) is 4.16. The minimum Gasteiger partial charge on any atom is -0.356 e. The molecule has 2 aliphatic heterocycles. The van der Waals surface area contributed by atoms with Gasteiger partial charge < -0.3 is 4.74 Å². The van der Waals surface area contributed by atoms with E-state index in [1.807, 2.05) is 0 Å². The molecule has 2 saturated heterocycles. The van der Waals surface area contributed by atoms with Gasteiger partial charge in [0.25, 0.3) is 0 Å². The van der Waals surface area contributed by atoms with E-state index < -0.39 is 0 Å². The first-order valence-electron chi connectivity index (χ1n) is 7.22. The second-order valence-electron chi connectivity index (χ2n) is 5.41. The Morgan fingerprint density at radius 2 is 1.50 bits per heavy atom. The van der Waals surface area contributed by atoms with Crippen LogP contribution in [0, 0.1) is 5.92 Å². The Hall–Kier alpha value is -2.00. The van der Waals surface area contributed by atoms with Crippen molar-refractivity contribution in [3.8, 4) is 0 Å². The molecule has 0 bridgehead atoms. The first-order valence-corrected chi connectivity index (χ1v) is 7.22. The fourth-order valence-electron chi connectivity index (χ4n) is 3.21. The number of anilines is 2. The van der Waals surface area contributed by atoms with Gasteiger partial charge in [0, 0.05) is 19.1 Å². The van der Waals surface area contributed by atoms with Crippen molar-refractivity contribution in [1.82, 2.24) is 0 Å². The van der Waals surface area contributed by atoms with Crippen molar-refractivity contribution >= 4 is 11.4 Å². The normalized spacial score (nSPS) is 25.0. The highest BCUT2D eigenvalue weighted by molar-refractivity contribution is 5.60. The maximum absolute atomic E-state index is 5.98. The van der Waals surface area contributed by atoms with Crippen molar-refractivity contribution < 1.29 is 4.74 Å². The number of hydrazine groups is 1. The van der Waals surface area contributed by atoms with Crippen molar-refractivity contribution in [2.75, 3.05) is 23.2 Å². The molecule has 0 saturated carbocycles. The van der Waals surface area contributed by atoms with Gasteiger partial charge in [0.2, 0.25) is 0 Å². The summed E-state index contributed by atoms with van der Waals surface area (Å²) in [7, 11) is 0. The van der Waals surface area contributed by atoms with Crippen molar-refractivity contribution in [3.63, 3.8) is 0 Å². The largest absolute Gasteiger partial charge is 0.356 e. The minimum absolute atomic E-state index is 0.178. The summed E-state index contributed by atoms with van der Waals surface area (Å²) >= 11 is 0. The quantitative estimate of drug-likeness (QED) is 0.829. The summed E-state index contributed by atoms with van der Waals surface area (Å²) in [5.41, 5.74) is 2.43. The summed E-state index contributed by atoms with van der Waals surface area (Å²) in [5.74, 6) is 0.593. The van der Waals surface area contributed by atoms with E-state index >= 15 is 0 Å². The van der Waals surface area contributed by atoms with E-state index in [0.717, 1.165) is 19.6 Å². The van der Waals surface area contributed by atoms with Gasteiger partial charge in [0.15, 0.2) is 6.23 Å². The molecule has 4 rings (SSSR count). The van der Waals surface area contributed by atoms with Crippen LogP contribution in [0.1, 0.15) is 6.42 Å². The number of para-hydroxylation sites is 2. The molecule has 2 heterocycles. The zero-order valence-corrected chi connectivity index (χ0v) is 11.4. The van der Waals surface area contributed by atoms with E-state index in [9.17, 15) is 0 Å². The first-order chi connectivity index (χ1) is 9.93. The maximum atomic E-state index is 5.98. The van der Waals surface area contributed by atoms with E-state index in [1.54, 1.807) is 0 Å². The van der Waals surface area contributed by atoms with Gasteiger partial charge in [-0.25, -0.2) is 0 Å². The van der Waals surface area contributed by atoms with Crippen LogP contribution < -0.4 is 10.0 Å². The van der Waals surface area contributed by atoms with E-state index in [2.05, 4.69) is 70.7 Å². The molecule has 2 aliphatic rings. The smallest absolute Gasteiger partial charge is 0.153 e. The summed E-state index contributed by atoms with van der Waals surface area (Å²) in [6, 6.07) is 21.1. The van der Waals surface area contributed by atoms with Crippen LogP contribution in [0.5, 0.6) is 0 Å². The highest BCUT2D eigenvalue weighted by atomic mass is 16.5. The molecule has 0 N–H and O–H groups in total. The molecule has 2 fully saturated rings. The molecule has 0 unspecified atom stereocenters. The van der Waals surface area contributed by atoms with Gasteiger partial charge in [0.05, 0.1) is 11.4 Å². The first kappa shape index (κ1) is 11.8. The van der Waals surface area contributed by atoms with Crippen LogP contribution in [0.3, 0.4) is 0 Å². The van der Waals surface area contributed by atoms with Crippen LogP contribution in [-0.2, 0) is 4.74 Å². The molecule has 2 aromatic rings. The van der Waals surface area contributed by atoms with Crippen LogP contribution in [-0.4, -0.2) is 19.4 Å². The molecule has 0 amide bonds. The molecule has 2 aromatic carbocycles. The highest BCUT2D eigenvalue weighted by Gasteiger charge is 2.44. The van der Waals surface area contributed by atoms with Gasteiger partial charge in [-0.3, -0.25) is 10.0 Å². The summed E-state index contributed by atoms with van der Waals surface area (Å²) < 4.78 is 5.98. The molecule has 20 heavy (non-hydrogen) atoms. The topological polar surface area (TPSA) is 15.7 Å².